The molecule has 0 radical (unpaired) electrons. The maximum Gasteiger partial charge on any atom is 0.329 e. The molecule has 40 heavy (non-hydrogen) atoms. The molecule has 0 saturated carbocycles. The lowest BCUT2D eigenvalue weighted by Gasteiger charge is -2.35. The van der Waals surface area contributed by atoms with Gasteiger partial charge in [-0.1, -0.05) is 12.1 Å². The average Bonchev–Trinajstić information content (AvgIpc) is 2.98. The van der Waals surface area contributed by atoms with Crippen molar-refractivity contribution in [2.75, 3.05) is 62.4 Å². The van der Waals surface area contributed by atoms with Crippen LogP contribution in [0.5, 0.6) is 11.5 Å². The molecule has 4 aromatic rings. The molecule has 0 amide bonds. The minimum atomic E-state index is -0.367. The van der Waals surface area contributed by atoms with Crippen molar-refractivity contribution in [3.05, 3.63) is 57.2 Å². The van der Waals surface area contributed by atoms with Crippen molar-refractivity contribution >= 4 is 33.6 Å². The van der Waals surface area contributed by atoms with Crippen LogP contribution in [0.4, 0.5) is 11.8 Å². The smallest absolute Gasteiger partial charge is 0.329 e. The van der Waals surface area contributed by atoms with Gasteiger partial charge in [-0.05, 0) is 44.9 Å². The largest absolute Gasteiger partial charge is 0.490 e. The van der Waals surface area contributed by atoms with Gasteiger partial charge in [0.2, 0.25) is 5.95 Å². The van der Waals surface area contributed by atoms with Gasteiger partial charge >= 0.3 is 5.69 Å². The summed E-state index contributed by atoms with van der Waals surface area (Å²) in [6.07, 6.45) is 1.45. The van der Waals surface area contributed by atoms with Gasteiger partial charge in [0.25, 0.3) is 5.56 Å². The monoisotopic (exact) mass is 546 g/mol. The van der Waals surface area contributed by atoms with E-state index in [0.717, 1.165) is 42.7 Å². The van der Waals surface area contributed by atoms with Gasteiger partial charge in [-0.25, -0.2) is 9.78 Å². The minimum Gasteiger partial charge on any atom is -0.490 e. The van der Waals surface area contributed by atoms with Crippen LogP contribution in [0.15, 0.2) is 46.0 Å². The molecule has 2 fully saturated rings. The molecule has 2 aliphatic rings. The summed E-state index contributed by atoms with van der Waals surface area (Å²) >= 11 is 0. The third-order valence-corrected chi connectivity index (χ3v) is 7.60. The highest BCUT2D eigenvalue weighted by atomic mass is 16.5. The zero-order chi connectivity index (χ0) is 27.6. The number of fused-ring (bicyclic) bond motifs is 2. The molecule has 6 rings (SSSR count). The van der Waals surface area contributed by atoms with Crippen LogP contribution in [0.25, 0.3) is 21.8 Å². The number of H-pyrrole nitrogens is 1. The Hall–Kier alpha value is -4.12. The molecule has 0 aliphatic carbocycles. The summed E-state index contributed by atoms with van der Waals surface area (Å²) in [6, 6.07) is 11.2. The maximum absolute atomic E-state index is 12.9. The van der Waals surface area contributed by atoms with Crippen LogP contribution < -0.4 is 30.5 Å². The van der Waals surface area contributed by atoms with Crippen molar-refractivity contribution in [3.63, 3.8) is 0 Å². The molecule has 2 aromatic carbocycles. The lowest BCUT2D eigenvalue weighted by molar-refractivity contribution is 0.122. The van der Waals surface area contributed by atoms with E-state index in [1.807, 2.05) is 44.2 Å². The zero-order valence-corrected chi connectivity index (χ0v) is 22.9. The van der Waals surface area contributed by atoms with Gasteiger partial charge in [0.1, 0.15) is 5.82 Å². The van der Waals surface area contributed by atoms with Crippen molar-refractivity contribution in [1.82, 2.24) is 19.5 Å². The molecule has 1 N–H and O–H groups in total. The third kappa shape index (κ3) is 4.85. The molecule has 2 aromatic heterocycles. The quantitative estimate of drug-likeness (QED) is 0.373. The van der Waals surface area contributed by atoms with Crippen LogP contribution >= 0.6 is 0 Å². The standard InChI is InChI=1S/C29H34N6O5/c1-3-39-24-17-21-22(18-25(24)40-4-2)30-28(34-13-15-38-16-14-34)31-26(21)33-11-9-19(10-12-33)35-23-8-6-5-7-20(23)27(36)32-29(35)37/h5-8,17-19H,3-4,9-16H2,1-2H3,(H,32,36,37). The summed E-state index contributed by atoms with van der Waals surface area (Å²) in [5, 5.41) is 1.42. The fourth-order valence-corrected chi connectivity index (χ4v) is 5.70. The Morgan fingerprint density at radius 1 is 0.900 bits per heavy atom. The first kappa shape index (κ1) is 26.1. The average molecular weight is 547 g/mol. The number of nitrogens with zero attached hydrogens (tertiary/aromatic N) is 5. The predicted octanol–water partition coefficient (Wildman–Crippen LogP) is 3.11. The van der Waals surface area contributed by atoms with Crippen molar-refractivity contribution in [2.45, 2.75) is 32.7 Å². The van der Waals surface area contributed by atoms with Crippen LogP contribution in [-0.2, 0) is 4.74 Å². The normalized spacial score (nSPS) is 16.6. The van der Waals surface area contributed by atoms with Crippen LogP contribution in [0.2, 0.25) is 0 Å². The van der Waals surface area contributed by atoms with Crippen molar-refractivity contribution in [1.29, 1.82) is 0 Å². The Morgan fingerprint density at radius 2 is 1.60 bits per heavy atom. The molecule has 2 saturated heterocycles. The zero-order valence-electron chi connectivity index (χ0n) is 22.9. The summed E-state index contributed by atoms with van der Waals surface area (Å²) in [7, 11) is 0. The van der Waals surface area contributed by atoms with E-state index < -0.39 is 0 Å². The van der Waals surface area contributed by atoms with E-state index in [1.165, 1.54) is 0 Å². The van der Waals surface area contributed by atoms with Crippen molar-refractivity contribution < 1.29 is 14.2 Å². The summed E-state index contributed by atoms with van der Waals surface area (Å²) in [5.74, 6) is 2.84. The number of hydrogen-bond donors (Lipinski definition) is 1. The molecule has 11 nitrogen and oxygen atoms in total. The van der Waals surface area contributed by atoms with Gasteiger partial charge in [0, 0.05) is 43.7 Å². The molecule has 0 unspecified atom stereocenters. The number of benzene rings is 2. The van der Waals surface area contributed by atoms with Gasteiger partial charge in [-0.15, -0.1) is 0 Å². The fourth-order valence-electron chi connectivity index (χ4n) is 5.70. The summed E-state index contributed by atoms with van der Waals surface area (Å²) in [6.45, 7) is 9.04. The Bertz CT molecular complexity index is 1640. The van der Waals surface area contributed by atoms with Crippen LogP contribution in [0, 0.1) is 0 Å². The number of anilines is 2. The molecule has 4 heterocycles. The number of para-hydroxylation sites is 1. The Morgan fingerprint density at radius 3 is 2.33 bits per heavy atom. The van der Waals surface area contributed by atoms with Gasteiger partial charge < -0.3 is 24.0 Å². The Kier molecular flexibility index (Phi) is 7.29. The number of piperidine rings is 1. The summed E-state index contributed by atoms with van der Waals surface area (Å²) in [4.78, 5) is 42.2. The highest BCUT2D eigenvalue weighted by Gasteiger charge is 2.27. The van der Waals surface area contributed by atoms with E-state index in [0.29, 0.717) is 67.9 Å². The van der Waals surface area contributed by atoms with Crippen molar-refractivity contribution in [3.8, 4) is 11.5 Å². The SMILES string of the molecule is CCOc1cc2nc(N3CCOCC3)nc(N3CCC(n4c(=O)[nH]c(=O)c5ccccc54)CC3)c2cc1OCC. The van der Waals surface area contributed by atoms with E-state index >= 15 is 0 Å². The number of hydrogen-bond acceptors (Lipinski definition) is 9. The number of aromatic nitrogens is 4. The van der Waals surface area contributed by atoms with E-state index in [9.17, 15) is 9.59 Å². The van der Waals surface area contributed by atoms with Crippen LogP contribution in [0.3, 0.4) is 0 Å². The second-order valence-electron chi connectivity index (χ2n) is 9.99. The Balaban J connectivity index is 1.38. The highest BCUT2D eigenvalue weighted by Crippen LogP contribution is 2.38. The molecule has 0 bridgehead atoms. The first-order valence-electron chi connectivity index (χ1n) is 14.0. The fraction of sp³-hybridized carbons (Fsp3) is 0.448. The number of aromatic amines is 1. The molecular weight excluding hydrogens is 512 g/mol. The second kappa shape index (κ2) is 11.2. The third-order valence-electron chi connectivity index (χ3n) is 7.60. The van der Waals surface area contributed by atoms with Gasteiger partial charge in [0.15, 0.2) is 11.5 Å². The first-order valence-corrected chi connectivity index (χ1v) is 14.0. The van der Waals surface area contributed by atoms with Gasteiger partial charge in [0.05, 0.1) is 42.8 Å². The Labute approximate surface area is 231 Å². The number of ether oxygens (including phenoxy) is 3. The molecule has 2 aliphatic heterocycles. The molecular formula is C29H34N6O5. The maximum atomic E-state index is 12.9. The predicted molar refractivity (Wildman–Crippen MR) is 154 cm³/mol. The van der Waals surface area contributed by atoms with E-state index in [4.69, 9.17) is 24.2 Å². The number of morpholine rings is 1. The van der Waals surface area contributed by atoms with Gasteiger partial charge in [-0.2, -0.15) is 4.98 Å². The van der Waals surface area contributed by atoms with E-state index in [-0.39, 0.29) is 17.3 Å². The molecule has 0 spiro atoms. The second-order valence-corrected chi connectivity index (χ2v) is 9.99. The minimum absolute atomic E-state index is 0.0409. The lowest BCUT2D eigenvalue weighted by atomic mass is 10.0. The summed E-state index contributed by atoms with van der Waals surface area (Å²) in [5.41, 5.74) is 0.743. The topological polar surface area (TPSA) is 115 Å². The van der Waals surface area contributed by atoms with E-state index in [1.54, 1.807) is 10.6 Å². The van der Waals surface area contributed by atoms with Crippen LogP contribution in [-0.4, -0.2) is 72.1 Å². The first-order chi connectivity index (χ1) is 19.6. The van der Waals surface area contributed by atoms with Crippen molar-refractivity contribution in [2.24, 2.45) is 0 Å². The highest BCUT2D eigenvalue weighted by molar-refractivity contribution is 5.93. The van der Waals surface area contributed by atoms with Crippen LogP contribution in [0.1, 0.15) is 32.7 Å². The lowest BCUT2D eigenvalue weighted by Crippen LogP contribution is -2.41. The molecule has 11 heteroatoms. The number of nitrogens with one attached hydrogen (secondary N) is 1. The summed E-state index contributed by atoms with van der Waals surface area (Å²) < 4.78 is 19.1. The molecule has 210 valence electrons. The van der Waals surface area contributed by atoms with E-state index in [2.05, 4.69) is 14.8 Å². The number of rotatable bonds is 7. The molecule has 0 atom stereocenters. The van der Waals surface area contributed by atoms with Gasteiger partial charge in [-0.3, -0.25) is 14.3 Å².